The van der Waals surface area contributed by atoms with Gasteiger partial charge in [-0.2, -0.15) is 0 Å². The summed E-state index contributed by atoms with van der Waals surface area (Å²) >= 11 is 0. The average Bonchev–Trinajstić information content (AvgIpc) is 2.85. The lowest BCUT2D eigenvalue weighted by Gasteiger charge is -2.15. The highest BCUT2D eigenvalue weighted by atomic mass is 16.4. The largest absolute Gasteiger partial charge is 0.480 e. The lowest BCUT2D eigenvalue weighted by atomic mass is 10.0. The zero-order valence-corrected chi connectivity index (χ0v) is 13.1. The average molecular weight is 311 g/mol. The Kier molecular flexibility index (Phi) is 6.02. The topological polar surface area (TPSA) is 117 Å². The summed E-state index contributed by atoms with van der Waals surface area (Å²) in [5, 5.41) is 18.8. The number of aliphatic carboxylic acids is 1. The Morgan fingerprint density at radius 3 is 2.50 bits per heavy atom. The number of hydrogen-bond donors (Lipinski definition) is 2. The zero-order chi connectivity index (χ0) is 16.9. The summed E-state index contributed by atoms with van der Waals surface area (Å²) in [5.74, 6) is -1.80. The van der Waals surface area contributed by atoms with Gasteiger partial charge in [-0.25, -0.2) is 9.48 Å². The molecule has 0 bridgehead atoms. The van der Waals surface area contributed by atoms with E-state index in [0.717, 1.165) is 0 Å². The molecule has 1 unspecified atom stereocenters. The van der Waals surface area contributed by atoms with Gasteiger partial charge in [0.05, 0.1) is 6.20 Å². The number of hydrogen-bond acceptors (Lipinski definition) is 5. The molecule has 0 aliphatic carbocycles. The number of likely N-dealkylation sites (N-methyl/N-ethyl adjacent to an activating group) is 1. The van der Waals surface area contributed by atoms with E-state index in [1.807, 2.05) is 13.8 Å². The third kappa shape index (κ3) is 5.15. The number of nitrogens with one attached hydrogen (secondary N) is 1. The first-order valence-corrected chi connectivity index (χ1v) is 6.84. The van der Waals surface area contributed by atoms with Crippen molar-refractivity contribution in [2.75, 3.05) is 14.1 Å². The summed E-state index contributed by atoms with van der Waals surface area (Å²) in [6.07, 6.45) is 1.62. The van der Waals surface area contributed by atoms with Crippen molar-refractivity contribution in [1.82, 2.24) is 25.2 Å². The highest BCUT2D eigenvalue weighted by Crippen LogP contribution is 2.06. The number of nitrogens with zero attached hydrogens (tertiary/aromatic N) is 4. The van der Waals surface area contributed by atoms with Gasteiger partial charge in [-0.15, -0.1) is 5.10 Å². The third-order valence-corrected chi connectivity index (χ3v) is 2.88. The molecule has 2 amide bonds. The molecule has 1 atom stereocenters. The van der Waals surface area contributed by atoms with E-state index in [9.17, 15) is 14.4 Å². The van der Waals surface area contributed by atoms with Crippen LogP contribution < -0.4 is 5.32 Å². The van der Waals surface area contributed by atoms with Gasteiger partial charge in [0.2, 0.25) is 5.91 Å². The van der Waals surface area contributed by atoms with Crippen LogP contribution in [0.3, 0.4) is 0 Å². The second-order valence-electron chi connectivity index (χ2n) is 5.58. The monoisotopic (exact) mass is 311 g/mol. The van der Waals surface area contributed by atoms with Crippen LogP contribution in [0.25, 0.3) is 0 Å². The Labute approximate surface area is 128 Å². The summed E-state index contributed by atoms with van der Waals surface area (Å²) in [6, 6.07) is -0.985. The number of aromatic nitrogens is 3. The van der Waals surface area contributed by atoms with Crippen LogP contribution in [0.4, 0.5) is 0 Å². The summed E-state index contributed by atoms with van der Waals surface area (Å²) in [6.45, 7) is 3.69. The van der Waals surface area contributed by atoms with Gasteiger partial charge in [-0.3, -0.25) is 9.59 Å². The molecule has 1 aromatic rings. The summed E-state index contributed by atoms with van der Waals surface area (Å²) in [7, 11) is 3.21. The van der Waals surface area contributed by atoms with Gasteiger partial charge in [0, 0.05) is 14.1 Å². The van der Waals surface area contributed by atoms with Crippen molar-refractivity contribution in [3.8, 4) is 0 Å². The third-order valence-electron chi connectivity index (χ3n) is 2.88. The fraction of sp³-hybridized carbons (Fsp3) is 0.615. The molecule has 1 rings (SSSR count). The van der Waals surface area contributed by atoms with Crippen LogP contribution in [0.5, 0.6) is 0 Å². The lowest BCUT2D eigenvalue weighted by molar-refractivity contribution is -0.139. The molecule has 1 aromatic heterocycles. The van der Waals surface area contributed by atoms with Crippen LogP contribution >= 0.6 is 0 Å². The fourth-order valence-electron chi connectivity index (χ4n) is 1.68. The molecule has 22 heavy (non-hydrogen) atoms. The van der Waals surface area contributed by atoms with Crippen molar-refractivity contribution in [2.24, 2.45) is 5.92 Å². The molecule has 9 nitrogen and oxygen atoms in total. The van der Waals surface area contributed by atoms with Crippen molar-refractivity contribution in [1.29, 1.82) is 0 Å². The molecule has 0 saturated heterocycles. The maximum Gasteiger partial charge on any atom is 0.326 e. The van der Waals surface area contributed by atoms with E-state index in [4.69, 9.17) is 5.11 Å². The highest BCUT2D eigenvalue weighted by molar-refractivity contribution is 5.94. The fourth-order valence-corrected chi connectivity index (χ4v) is 1.68. The quantitative estimate of drug-likeness (QED) is 0.707. The van der Waals surface area contributed by atoms with E-state index in [2.05, 4.69) is 15.6 Å². The second-order valence-corrected chi connectivity index (χ2v) is 5.58. The number of carboxylic acids is 1. The van der Waals surface area contributed by atoms with Crippen molar-refractivity contribution >= 4 is 17.8 Å². The van der Waals surface area contributed by atoms with Gasteiger partial charge < -0.3 is 15.3 Å². The Morgan fingerprint density at radius 1 is 1.36 bits per heavy atom. The van der Waals surface area contributed by atoms with Crippen molar-refractivity contribution < 1.29 is 19.5 Å². The van der Waals surface area contributed by atoms with Crippen LogP contribution in [-0.2, 0) is 16.1 Å². The smallest absolute Gasteiger partial charge is 0.326 e. The minimum Gasteiger partial charge on any atom is -0.480 e. The highest BCUT2D eigenvalue weighted by Gasteiger charge is 2.23. The number of amides is 2. The van der Waals surface area contributed by atoms with Crippen molar-refractivity contribution in [3.63, 3.8) is 0 Å². The predicted molar refractivity (Wildman–Crippen MR) is 77.1 cm³/mol. The number of rotatable bonds is 7. The molecule has 2 N–H and O–H groups in total. The van der Waals surface area contributed by atoms with Gasteiger partial charge >= 0.3 is 5.97 Å². The van der Waals surface area contributed by atoms with Gasteiger partial charge in [-0.05, 0) is 12.3 Å². The number of carbonyl (C=O) groups is 3. The van der Waals surface area contributed by atoms with E-state index >= 15 is 0 Å². The minimum atomic E-state index is -1.10. The molecule has 0 aliphatic heterocycles. The van der Waals surface area contributed by atoms with Gasteiger partial charge in [-0.1, -0.05) is 19.1 Å². The number of carboxylic acid groups (broad SMARTS) is 1. The Bertz CT molecular complexity index is 552. The molecule has 0 saturated carbocycles. The van der Waals surface area contributed by atoms with Crippen LogP contribution in [0, 0.1) is 5.92 Å². The van der Waals surface area contributed by atoms with Crippen molar-refractivity contribution in [3.05, 3.63) is 11.9 Å². The molecule has 0 aromatic carbocycles. The van der Waals surface area contributed by atoms with Gasteiger partial charge in [0.15, 0.2) is 5.69 Å². The van der Waals surface area contributed by atoms with Gasteiger partial charge in [0.25, 0.3) is 5.91 Å². The summed E-state index contributed by atoms with van der Waals surface area (Å²) in [5.41, 5.74) is -0.0263. The standard InChI is InChI=1S/C13H21N5O4/c1-8(2)5-9(13(21)22)14-12(20)10-6-18(16-15-10)7-11(19)17(3)4/h6,8-9H,5,7H2,1-4H3,(H,14,20)(H,21,22). The second kappa shape index (κ2) is 7.53. The summed E-state index contributed by atoms with van der Waals surface area (Å²) in [4.78, 5) is 36.0. The van der Waals surface area contributed by atoms with Crippen molar-refractivity contribution in [2.45, 2.75) is 32.9 Å². The van der Waals surface area contributed by atoms with Crippen LogP contribution in [-0.4, -0.2) is 62.9 Å². The zero-order valence-electron chi connectivity index (χ0n) is 13.1. The Morgan fingerprint density at radius 2 is 2.00 bits per heavy atom. The molecule has 0 fully saturated rings. The maximum absolute atomic E-state index is 12.0. The molecule has 0 radical (unpaired) electrons. The Hall–Kier alpha value is -2.45. The van der Waals surface area contributed by atoms with E-state index in [1.54, 1.807) is 14.1 Å². The van der Waals surface area contributed by atoms with E-state index in [-0.39, 0.29) is 24.1 Å². The molecule has 1 heterocycles. The summed E-state index contributed by atoms with van der Waals surface area (Å²) < 4.78 is 1.23. The molecular formula is C13H21N5O4. The first kappa shape index (κ1) is 17.6. The lowest BCUT2D eigenvalue weighted by Crippen LogP contribution is -2.41. The molecule has 0 spiro atoms. The molecule has 9 heteroatoms. The first-order chi connectivity index (χ1) is 10.2. The molecular weight excluding hydrogens is 290 g/mol. The van der Waals surface area contributed by atoms with Crippen LogP contribution in [0.2, 0.25) is 0 Å². The SMILES string of the molecule is CC(C)CC(NC(=O)c1cn(CC(=O)N(C)C)nn1)C(=O)O. The maximum atomic E-state index is 12.0. The van der Waals surface area contributed by atoms with E-state index in [1.165, 1.54) is 15.8 Å². The molecule has 0 aliphatic rings. The van der Waals surface area contributed by atoms with Gasteiger partial charge in [0.1, 0.15) is 12.6 Å². The number of carbonyl (C=O) groups excluding carboxylic acids is 2. The first-order valence-electron chi connectivity index (χ1n) is 6.84. The van der Waals surface area contributed by atoms with Crippen LogP contribution in [0.15, 0.2) is 6.20 Å². The predicted octanol–water partition coefficient (Wildman–Crippen LogP) is -0.405. The molecule has 122 valence electrons. The minimum absolute atomic E-state index is 0.0263. The Balaban J connectivity index is 2.71. The van der Waals surface area contributed by atoms with Crippen LogP contribution in [0.1, 0.15) is 30.8 Å². The normalized spacial score (nSPS) is 12.0. The van der Waals surface area contributed by atoms with E-state index < -0.39 is 17.9 Å². The van der Waals surface area contributed by atoms with E-state index in [0.29, 0.717) is 6.42 Å².